The highest BCUT2D eigenvalue weighted by Gasteiger charge is 2.66. The van der Waals surface area contributed by atoms with E-state index in [4.69, 9.17) is 18.9 Å². The maximum Gasteiger partial charge on any atom is 0.379 e. The van der Waals surface area contributed by atoms with Crippen molar-refractivity contribution in [1.82, 2.24) is 0 Å². The molecule has 7 heteroatoms. The molecule has 2 fully saturated rings. The Balaban J connectivity index is 2.45. The number of rotatable bonds is 4. The summed E-state index contributed by atoms with van der Waals surface area (Å²) >= 11 is 0. The molecule has 4 atom stereocenters. The molecule has 7 nitrogen and oxygen atoms in total. The van der Waals surface area contributed by atoms with Gasteiger partial charge in [0.1, 0.15) is 6.10 Å². The molecule has 0 aromatic heterocycles. The number of ether oxygens (including phenoxy) is 4. The molecular weight excluding hydrogens is 292 g/mol. The van der Waals surface area contributed by atoms with Crippen molar-refractivity contribution in [1.29, 1.82) is 0 Å². The van der Waals surface area contributed by atoms with Gasteiger partial charge in [-0.3, -0.25) is 9.59 Å². The molecule has 0 unspecified atom stereocenters. The molecule has 2 saturated heterocycles. The Hall–Kier alpha value is -1.73. The van der Waals surface area contributed by atoms with Gasteiger partial charge in [-0.25, -0.2) is 4.79 Å². The highest BCUT2D eigenvalue weighted by atomic mass is 16.8. The summed E-state index contributed by atoms with van der Waals surface area (Å²) in [5.74, 6) is -4.15. The lowest BCUT2D eigenvalue weighted by atomic mass is 9.79. The van der Waals surface area contributed by atoms with Gasteiger partial charge in [0.25, 0.3) is 5.78 Å². The van der Waals surface area contributed by atoms with Gasteiger partial charge in [0.05, 0.1) is 6.61 Å². The van der Waals surface area contributed by atoms with Crippen LogP contribution in [0.2, 0.25) is 0 Å². The molecule has 0 saturated carbocycles. The van der Waals surface area contributed by atoms with Crippen LogP contribution in [0.3, 0.4) is 0 Å². The lowest BCUT2D eigenvalue weighted by Gasteiger charge is -2.36. The number of carbonyl (C=O) groups is 3. The van der Waals surface area contributed by atoms with Crippen LogP contribution in [0.1, 0.15) is 27.7 Å². The maximum absolute atomic E-state index is 12.4. The van der Waals surface area contributed by atoms with Crippen molar-refractivity contribution in [2.45, 2.75) is 51.3 Å². The molecule has 0 N–H and O–H groups in total. The SMILES string of the molecule is C=C[C@H](C)[C@@]1(OC(C)=O)C(=O)C(=O)O[C@@H]1[C@@H]1COC(C)(C)O1. The molecule has 2 heterocycles. The van der Waals surface area contributed by atoms with Gasteiger partial charge in [-0.1, -0.05) is 13.0 Å². The minimum Gasteiger partial charge on any atom is -0.449 e. The number of cyclic esters (lactones) is 1. The second kappa shape index (κ2) is 5.48. The van der Waals surface area contributed by atoms with E-state index in [1.165, 1.54) is 13.0 Å². The van der Waals surface area contributed by atoms with Crippen LogP contribution in [0.15, 0.2) is 12.7 Å². The Morgan fingerprint density at radius 3 is 2.55 bits per heavy atom. The number of Topliss-reactive ketones (excluding diaryl/α,β-unsaturated/α-hetero) is 1. The summed E-state index contributed by atoms with van der Waals surface area (Å²) in [6.07, 6.45) is -0.352. The fraction of sp³-hybridized carbons (Fsp3) is 0.667. The fourth-order valence-corrected chi connectivity index (χ4v) is 2.84. The zero-order chi connectivity index (χ0) is 16.7. The number of hydrogen-bond acceptors (Lipinski definition) is 7. The van der Waals surface area contributed by atoms with Crippen molar-refractivity contribution in [3.63, 3.8) is 0 Å². The summed E-state index contributed by atoms with van der Waals surface area (Å²) in [4.78, 5) is 35.7. The van der Waals surface area contributed by atoms with Gasteiger partial charge in [-0.2, -0.15) is 0 Å². The van der Waals surface area contributed by atoms with Gasteiger partial charge in [-0.15, -0.1) is 6.58 Å². The van der Waals surface area contributed by atoms with E-state index in [1.807, 2.05) is 0 Å². The van der Waals surface area contributed by atoms with Crippen LogP contribution in [0.4, 0.5) is 0 Å². The maximum atomic E-state index is 12.4. The van der Waals surface area contributed by atoms with Crippen LogP contribution in [-0.2, 0) is 33.3 Å². The first-order valence-corrected chi connectivity index (χ1v) is 7.03. The van der Waals surface area contributed by atoms with Gasteiger partial charge >= 0.3 is 11.9 Å². The van der Waals surface area contributed by atoms with Crippen molar-refractivity contribution in [3.8, 4) is 0 Å². The van der Waals surface area contributed by atoms with Crippen molar-refractivity contribution >= 4 is 17.7 Å². The van der Waals surface area contributed by atoms with Crippen LogP contribution >= 0.6 is 0 Å². The Kier molecular flexibility index (Phi) is 4.14. The molecule has 2 aliphatic heterocycles. The Morgan fingerprint density at radius 2 is 2.09 bits per heavy atom. The van der Waals surface area contributed by atoms with E-state index in [0.29, 0.717) is 0 Å². The third-order valence-electron chi connectivity index (χ3n) is 3.91. The molecule has 0 amide bonds. The van der Waals surface area contributed by atoms with Gasteiger partial charge in [0, 0.05) is 12.8 Å². The van der Waals surface area contributed by atoms with Gasteiger partial charge in [0.15, 0.2) is 11.9 Å². The number of esters is 2. The van der Waals surface area contributed by atoms with Crippen LogP contribution in [0, 0.1) is 5.92 Å². The number of hydrogen-bond donors (Lipinski definition) is 0. The van der Waals surface area contributed by atoms with E-state index in [9.17, 15) is 14.4 Å². The third-order valence-corrected chi connectivity index (χ3v) is 3.91. The van der Waals surface area contributed by atoms with Crippen molar-refractivity contribution < 1.29 is 33.3 Å². The minimum absolute atomic E-state index is 0.116. The molecule has 0 radical (unpaired) electrons. The molecule has 22 heavy (non-hydrogen) atoms. The fourth-order valence-electron chi connectivity index (χ4n) is 2.84. The lowest BCUT2D eigenvalue weighted by molar-refractivity contribution is -0.193. The van der Waals surface area contributed by atoms with Crippen molar-refractivity contribution in [2.24, 2.45) is 5.92 Å². The molecule has 0 aromatic carbocycles. The van der Waals surface area contributed by atoms with Crippen LogP contribution < -0.4 is 0 Å². The summed E-state index contributed by atoms with van der Waals surface area (Å²) in [5, 5.41) is 0. The van der Waals surface area contributed by atoms with E-state index < -0.39 is 47.2 Å². The van der Waals surface area contributed by atoms with Crippen LogP contribution in [0.25, 0.3) is 0 Å². The molecule has 0 aliphatic carbocycles. The molecule has 0 bridgehead atoms. The van der Waals surface area contributed by atoms with E-state index in [2.05, 4.69) is 6.58 Å². The predicted octanol–water partition coefficient (Wildman–Crippen LogP) is 0.756. The highest BCUT2D eigenvalue weighted by Crippen LogP contribution is 2.41. The first-order chi connectivity index (χ1) is 10.1. The zero-order valence-corrected chi connectivity index (χ0v) is 13.1. The summed E-state index contributed by atoms with van der Waals surface area (Å²) in [6, 6.07) is 0. The van der Waals surface area contributed by atoms with E-state index in [1.54, 1.807) is 20.8 Å². The molecule has 2 rings (SSSR count). The summed E-state index contributed by atoms with van der Waals surface area (Å²) < 4.78 is 21.6. The molecule has 2 aliphatic rings. The second-order valence-corrected chi connectivity index (χ2v) is 5.93. The summed E-state index contributed by atoms with van der Waals surface area (Å²) in [5.41, 5.74) is -1.78. The normalized spacial score (nSPS) is 35.1. The van der Waals surface area contributed by atoms with Gasteiger partial charge in [-0.05, 0) is 13.8 Å². The standard InChI is InChI=1S/C15H20O7/c1-6-8(2)15(21-9(3)16)11(17)13(18)20-12(15)10-7-19-14(4,5)22-10/h6,8,10,12H,1,7H2,2-5H3/t8-,10-,12+,15+/m0/s1. The van der Waals surface area contributed by atoms with Crippen LogP contribution in [0.5, 0.6) is 0 Å². The smallest absolute Gasteiger partial charge is 0.379 e. The van der Waals surface area contributed by atoms with Crippen molar-refractivity contribution in [3.05, 3.63) is 12.7 Å². The highest BCUT2D eigenvalue weighted by molar-refractivity contribution is 6.39. The topological polar surface area (TPSA) is 88.1 Å². The molecule has 0 spiro atoms. The van der Waals surface area contributed by atoms with E-state index in [0.717, 1.165) is 0 Å². The number of ketones is 1. The lowest BCUT2D eigenvalue weighted by Crippen LogP contribution is -2.57. The first kappa shape index (κ1) is 16.6. The zero-order valence-electron chi connectivity index (χ0n) is 13.1. The predicted molar refractivity (Wildman–Crippen MR) is 73.6 cm³/mol. The van der Waals surface area contributed by atoms with E-state index >= 15 is 0 Å². The quantitative estimate of drug-likeness (QED) is 0.430. The molecule has 122 valence electrons. The van der Waals surface area contributed by atoms with E-state index in [-0.39, 0.29) is 6.61 Å². The molecule has 0 aromatic rings. The van der Waals surface area contributed by atoms with Crippen LogP contribution in [-0.4, -0.2) is 47.9 Å². The van der Waals surface area contributed by atoms with Gasteiger partial charge in [0.2, 0.25) is 5.60 Å². The molecular formula is C15H20O7. The Bertz CT molecular complexity index is 524. The van der Waals surface area contributed by atoms with Crippen molar-refractivity contribution in [2.75, 3.05) is 6.61 Å². The summed E-state index contributed by atoms with van der Waals surface area (Å²) in [6.45, 7) is 9.95. The average molecular weight is 312 g/mol. The Labute approximate surface area is 128 Å². The summed E-state index contributed by atoms with van der Waals surface area (Å²) in [7, 11) is 0. The van der Waals surface area contributed by atoms with Gasteiger partial charge < -0.3 is 18.9 Å². The monoisotopic (exact) mass is 312 g/mol. The Morgan fingerprint density at radius 1 is 1.45 bits per heavy atom. The largest absolute Gasteiger partial charge is 0.449 e. The first-order valence-electron chi connectivity index (χ1n) is 7.03. The minimum atomic E-state index is -1.78. The third kappa shape index (κ3) is 2.55. The second-order valence-electron chi connectivity index (χ2n) is 5.93. The number of carbonyl (C=O) groups excluding carboxylic acids is 3. The average Bonchev–Trinajstić information content (AvgIpc) is 2.90.